The Morgan fingerprint density at radius 3 is 2.86 bits per heavy atom. The molecule has 0 aliphatic carbocycles. The highest BCUT2D eigenvalue weighted by Crippen LogP contribution is 2.42. The number of hydrogen-bond donors (Lipinski definition) is 0. The molecule has 1 atom stereocenters. The molecule has 5 nitrogen and oxygen atoms in total. The molecule has 1 heterocycles. The van der Waals surface area contributed by atoms with Crippen LogP contribution in [-0.4, -0.2) is 19.3 Å². The van der Waals surface area contributed by atoms with Crippen LogP contribution in [0.4, 0.5) is 0 Å². The summed E-state index contributed by atoms with van der Waals surface area (Å²) in [6.45, 7) is 4.81. The van der Waals surface area contributed by atoms with Crippen LogP contribution in [0, 0.1) is 13.8 Å². The number of fused-ring (bicyclic) bond motifs is 1. The van der Waals surface area contributed by atoms with Crippen molar-refractivity contribution in [2.75, 3.05) is 13.2 Å². The smallest absolute Gasteiger partial charge is 0.169 e. The van der Waals surface area contributed by atoms with Gasteiger partial charge in [0.1, 0.15) is 12.7 Å². The number of rotatable bonds is 3. The molecule has 2 aromatic rings. The Morgan fingerprint density at radius 2 is 2.09 bits per heavy atom. The maximum absolute atomic E-state index is 8.45. The van der Waals surface area contributed by atoms with Crippen molar-refractivity contribution in [1.29, 1.82) is 0 Å². The van der Waals surface area contributed by atoms with Crippen LogP contribution in [0.5, 0.6) is 11.5 Å². The molecule has 22 heavy (non-hydrogen) atoms. The molecular weight excluding hydrogens is 278 g/mol. The summed E-state index contributed by atoms with van der Waals surface area (Å²) in [6, 6.07) is 12.2. The second kappa shape index (κ2) is 6.00. The van der Waals surface area contributed by atoms with Crippen LogP contribution in [0.1, 0.15) is 11.1 Å². The quantitative estimate of drug-likeness (QED) is 0.478. The molecule has 0 saturated carbocycles. The summed E-state index contributed by atoms with van der Waals surface area (Å²) in [4.78, 5) is 2.78. The summed E-state index contributed by atoms with van der Waals surface area (Å²) in [7, 11) is 0. The van der Waals surface area contributed by atoms with Gasteiger partial charge < -0.3 is 9.47 Å². The van der Waals surface area contributed by atoms with Crippen molar-refractivity contribution < 1.29 is 9.47 Å². The molecular formula is C17H17N3O2. The zero-order chi connectivity index (χ0) is 15.5. The van der Waals surface area contributed by atoms with E-state index in [4.69, 9.17) is 15.0 Å². The topological polar surface area (TPSA) is 67.2 Å². The molecule has 2 aromatic carbocycles. The molecule has 0 bridgehead atoms. The third-order valence-electron chi connectivity index (χ3n) is 3.71. The summed E-state index contributed by atoms with van der Waals surface area (Å²) in [6.07, 6.45) is -0.254. The maximum Gasteiger partial charge on any atom is 0.169 e. The number of hydrogen-bond acceptors (Lipinski definition) is 3. The Morgan fingerprint density at radius 1 is 1.23 bits per heavy atom. The normalized spacial score (nSPS) is 16.0. The van der Waals surface area contributed by atoms with Crippen molar-refractivity contribution in [2.45, 2.75) is 20.0 Å². The lowest BCUT2D eigenvalue weighted by molar-refractivity contribution is 0.0977. The Hall–Kier alpha value is -2.65. The lowest BCUT2D eigenvalue weighted by Gasteiger charge is -2.27. The monoisotopic (exact) mass is 295 g/mol. The number of para-hydroxylation sites is 1. The molecule has 0 N–H and O–H groups in total. The van der Waals surface area contributed by atoms with E-state index >= 15 is 0 Å². The molecule has 0 aromatic heterocycles. The summed E-state index contributed by atoms with van der Waals surface area (Å²) in [5.74, 6) is 1.45. The van der Waals surface area contributed by atoms with Crippen LogP contribution >= 0.6 is 0 Å². The first-order chi connectivity index (χ1) is 10.7. The molecule has 3 rings (SSSR count). The van der Waals surface area contributed by atoms with Gasteiger partial charge in [-0.05, 0) is 36.6 Å². The van der Waals surface area contributed by atoms with E-state index < -0.39 is 0 Å². The van der Waals surface area contributed by atoms with Crippen molar-refractivity contribution >= 4 is 0 Å². The standard InChI is InChI=1S/C17H17N3O2/c1-11-6-7-14(12(2)8-11)15-4-3-5-16-17(15)22-13(10-21-16)9-19-20-18/h3-8,13H,9-10H2,1-2H3/t13-/m0/s1. The molecule has 112 valence electrons. The number of ether oxygens (including phenoxy) is 2. The van der Waals surface area contributed by atoms with Crippen molar-refractivity contribution in [3.05, 3.63) is 58.0 Å². The van der Waals surface area contributed by atoms with E-state index in [1.807, 2.05) is 18.2 Å². The first-order valence-corrected chi connectivity index (χ1v) is 7.20. The molecule has 0 amide bonds. The van der Waals surface area contributed by atoms with Crippen LogP contribution in [-0.2, 0) is 0 Å². The third-order valence-corrected chi connectivity index (χ3v) is 3.71. The van der Waals surface area contributed by atoms with E-state index in [1.165, 1.54) is 11.1 Å². The minimum absolute atomic E-state index is 0.254. The zero-order valence-electron chi connectivity index (χ0n) is 12.6. The van der Waals surface area contributed by atoms with Crippen molar-refractivity contribution in [3.8, 4) is 22.6 Å². The highest BCUT2D eigenvalue weighted by molar-refractivity contribution is 5.76. The van der Waals surface area contributed by atoms with Crippen molar-refractivity contribution in [1.82, 2.24) is 0 Å². The van der Waals surface area contributed by atoms with Gasteiger partial charge in [0.15, 0.2) is 11.5 Å². The van der Waals surface area contributed by atoms with E-state index in [1.54, 1.807) is 0 Å². The Bertz CT molecular complexity index is 752. The van der Waals surface area contributed by atoms with Gasteiger partial charge >= 0.3 is 0 Å². The average molecular weight is 295 g/mol. The Balaban J connectivity index is 2.02. The van der Waals surface area contributed by atoms with E-state index in [0.717, 1.165) is 22.6 Å². The molecule has 0 radical (unpaired) electrons. The summed E-state index contributed by atoms with van der Waals surface area (Å²) in [5.41, 5.74) is 13.0. The summed E-state index contributed by atoms with van der Waals surface area (Å²) >= 11 is 0. The van der Waals surface area contributed by atoms with Crippen LogP contribution < -0.4 is 9.47 Å². The van der Waals surface area contributed by atoms with Gasteiger partial charge in [-0.15, -0.1) is 0 Å². The molecule has 5 heteroatoms. The van der Waals surface area contributed by atoms with E-state index in [0.29, 0.717) is 6.61 Å². The van der Waals surface area contributed by atoms with Crippen LogP contribution in [0.2, 0.25) is 0 Å². The zero-order valence-corrected chi connectivity index (χ0v) is 12.6. The maximum atomic E-state index is 8.45. The lowest BCUT2D eigenvalue weighted by atomic mass is 9.97. The molecule has 1 aliphatic heterocycles. The summed E-state index contributed by atoms with van der Waals surface area (Å²) < 4.78 is 11.8. The molecule has 0 fully saturated rings. The predicted octanol–water partition coefficient (Wildman–Crippen LogP) is 4.42. The number of benzene rings is 2. The van der Waals surface area contributed by atoms with Gasteiger partial charge in [-0.2, -0.15) is 0 Å². The van der Waals surface area contributed by atoms with Gasteiger partial charge in [0, 0.05) is 10.5 Å². The first kappa shape index (κ1) is 14.3. The SMILES string of the molecule is Cc1ccc(-c2cccc3c2O[C@@H](CN=[N+]=[N-])CO3)c(C)c1. The highest BCUT2D eigenvalue weighted by atomic mass is 16.6. The average Bonchev–Trinajstić information content (AvgIpc) is 2.52. The van der Waals surface area contributed by atoms with Crippen molar-refractivity contribution in [2.24, 2.45) is 5.11 Å². The lowest BCUT2D eigenvalue weighted by Crippen LogP contribution is -2.31. The van der Waals surface area contributed by atoms with E-state index in [9.17, 15) is 0 Å². The molecule has 0 saturated heterocycles. The fraction of sp³-hybridized carbons (Fsp3) is 0.294. The molecule has 0 unspecified atom stereocenters. The molecule has 0 spiro atoms. The Labute approximate surface area is 129 Å². The van der Waals surface area contributed by atoms with Gasteiger partial charge in [-0.3, -0.25) is 0 Å². The van der Waals surface area contributed by atoms with Gasteiger partial charge in [0.25, 0.3) is 0 Å². The van der Waals surface area contributed by atoms with Gasteiger partial charge in [0.2, 0.25) is 0 Å². The second-order valence-corrected chi connectivity index (χ2v) is 5.42. The predicted molar refractivity (Wildman–Crippen MR) is 85.3 cm³/mol. The van der Waals surface area contributed by atoms with Crippen molar-refractivity contribution in [3.63, 3.8) is 0 Å². The van der Waals surface area contributed by atoms with E-state index in [2.05, 4.69) is 42.1 Å². The fourth-order valence-corrected chi connectivity index (χ4v) is 2.68. The third kappa shape index (κ3) is 2.71. The van der Waals surface area contributed by atoms with Gasteiger partial charge in [0.05, 0.1) is 6.54 Å². The van der Waals surface area contributed by atoms with Gasteiger partial charge in [-0.25, -0.2) is 0 Å². The van der Waals surface area contributed by atoms with Crippen LogP contribution in [0.25, 0.3) is 21.6 Å². The Kier molecular flexibility index (Phi) is 3.90. The molecule has 1 aliphatic rings. The number of aryl methyl sites for hydroxylation is 2. The van der Waals surface area contributed by atoms with Crippen LogP contribution in [0.3, 0.4) is 0 Å². The first-order valence-electron chi connectivity index (χ1n) is 7.20. The largest absolute Gasteiger partial charge is 0.486 e. The highest BCUT2D eigenvalue weighted by Gasteiger charge is 2.24. The van der Waals surface area contributed by atoms with Gasteiger partial charge in [-0.1, -0.05) is 41.0 Å². The van der Waals surface area contributed by atoms with E-state index in [-0.39, 0.29) is 12.6 Å². The number of azide groups is 1. The number of nitrogens with zero attached hydrogens (tertiary/aromatic N) is 3. The minimum Gasteiger partial charge on any atom is -0.486 e. The summed E-state index contributed by atoms with van der Waals surface area (Å²) in [5, 5.41) is 3.58. The minimum atomic E-state index is -0.254. The second-order valence-electron chi connectivity index (χ2n) is 5.42. The fourth-order valence-electron chi connectivity index (χ4n) is 2.68. The van der Waals surface area contributed by atoms with Crippen LogP contribution in [0.15, 0.2) is 41.5 Å².